The first-order valence-corrected chi connectivity index (χ1v) is 8.66. The van der Waals surface area contributed by atoms with Crippen LogP contribution in [0.1, 0.15) is 31.4 Å². The number of ether oxygens (including phenoxy) is 1. The fourth-order valence-corrected chi connectivity index (χ4v) is 3.61. The molecule has 1 aromatic rings. The third-order valence-corrected chi connectivity index (χ3v) is 4.90. The number of rotatable bonds is 6. The van der Waals surface area contributed by atoms with Gasteiger partial charge in [-0.25, -0.2) is 5.43 Å². The smallest absolute Gasteiger partial charge is 0.387 e. The zero-order valence-electron chi connectivity index (χ0n) is 14.5. The Kier molecular flexibility index (Phi) is 7.57. The number of hydrogen-bond acceptors (Lipinski definition) is 5. The molecule has 146 valence electrons. The Morgan fingerprint density at radius 2 is 2.12 bits per heavy atom. The van der Waals surface area contributed by atoms with Crippen molar-refractivity contribution in [3.8, 4) is 5.75 Å². The topological polar surface area (TPSA) is 74.4 Å². The summed E-state index contributed by atoms with van der Waals surface area (Å²) < 4.78 is 29.9. The largest absolute Gasteiger partial charge is 0.434 e. The van der Waals surface area contributed by atoms with E-state index in [4.69, 9.17) is 0 Å². The minimum absolute atomic E-state index is 0. The zero-order chi connectivity index (χ0) is 17.8. The standard InChI is InChI=1S/C17H24F2N4O2.ClH/c1-2-12(10-5-3-4-6-14(10)25-17(18)19)21-16(24)15-11-9-20-8-7-13(11)22-23-15;/h3-6,11-13,15,17,20,22-23H,2,7-9H2,1H3,(H,21,24);1H. The lowest BCUT2D eigenvalue weighted by molar-refractivity contribution is -0.124. The van der Waals surface area contributed by atoms with Crippen LogP contribution in [0.3, 0.4) is 0 Å². The molecule has 26 heavy (non-hydrogen) atoms. The Balaban J connectivity index is 0.00000243. The van der Waals surface area contributed by atoms with Crippen LogP contribution in [0.4, 0.5) is 8.78 Å². The fraction of sp³-hybridized carbons (Fsp3) is 0.588. The Hall–Kier alpha value is -1.48. The normalized spacial score (nSPS) is 25.9. The van der Waals surface area contributed by atoms with Crippen molar-refractivity contribution in [1.29, 1.82) is 0 Å². The minimum atomic E-state index is -2.90. The first kappa shape index (κ1) is 20.8. The molecule has 2 fully saturated rings. The molecule has 2 aliphatic rings. The maximum Gasteiger partial charge on any atom is 0.387 e. The van der Waals surface area contributed by atoms with Crippen molar-refractivity contribution < 1.29 is 18.3 Å². The number of hydrazine groups is 1. The van der Waals surface area contributed by atoms with E-state index in [-0.39, 0.29) is 48.1 Å². The van der Waals surface area contributed by atoms with E-state index in [0.29, 0.717) is 12.0 Å². The van der Waals surface area contributed by atoms with Crippen LogP contribution >= 0.6 is 12.4 Å². The quantitative estimate of drug-likeness (QED) is 0.595. The van der Waals surface area contributed by atoms with E-state index in [1.54, 1.807) is 18.2 Å². The van der Waals surface area contributed by atoms with Gasteiger partial charge in [0.2, 0.25) is 5.91 Å². The molecule has 0 bridgehead atoms. The number of nitrogens with one attached hydrogen (secondary N) is 4. The monoisotopic (exact) mass is 390 g/mol. The Labute approximate surface area is 157 Å². The molecule has 4 unspecified atom stereocenters. The van der Waals surface area contributed by atoms with Gasteiger partial charge in [-0.2, -0.15) is 8.78 Å². The van der Waals surface area contributed by atoms with Gasteiger partial charge in [0.25, 0.3) is 0 Å². The molecule has 4 N–H and O–H groups in total. The maximum atomic E-state index is 12.7. The number of alkyl halides is 2. The molecular weight excluding hydrogens is 366 g/mol. The van der Waals surface area contributed by atoms with Crippen LogP contribution in [0.25, 0.3) is 0 Å². The highest BCUT2D eigenvalue weighted by Crippen LogP contribution is 2.29. The van der Waals surface area contributed by atoms with Crippen LogP contribution in [-0.2, 0) is 4.79 Å². The summed E-state index contributed by atoms with van der Waals surface area (Å²) in [7, 11) is 0. The van der Waals surface area contributed by atoms with E-state index in [2.05, 4.69) is 26.2 Å². The van der Waals surface area contributed by atoms with Gasteiger partial charge in [-0.3, -0.25) is 10.2 Å². The van der Waals surface area contributed by atoms with E-state index in [1.807, 2.05) is 6.92 Å². The molecular formula is C17H25ClF2N4O2. The molecule has 1 aromatic carbocycles. The van der Waals surface area contributed by atoms with Gasteiger partial charge in [0.15, 0.2) is 0 Å². The second-order valence-corrected chi connectivity index (χ2v) is 6.42. The predicted octanol–water partition coefficient (Wildman–Crippen LogP) is 1.73. The summed E-state index contributed by atoms with van der Waals surface area (Å²) in [6.45, 7) is 0.698. The summed E-state index contributed by atoms with van der Waals surface area (Å²) >= 11 is 0. The number of para-hydroxylation sites is 1. The second kappa shape index (κ2) is 9.45. The lowest BCUT2D eigenvalue weighted by Gasteiger charge is -2.28. The number of carbonyl (C=O) groups excluding carboxylic acids is 1. The van der Waals surface area contributed by atoms with Crippen molar-refractivity contribution in [2.45, 2.75) is 44.5 Å². The predicted molar refractivity (Wildman–Crippen MR) is 96.3 cm³/mol. The van der Waals surface area contributed by atoms with Crippen LogP contribution in [-0.4, -0.2) is 37.7 Å². The van der Waals surface area contributed by atoms with E-state index >= 15 is 0 Å². The Morgan fingerprint density at radius 1 is 1.35 bits per heavy atom. The highest BCUT2D eigenvalue weighted by Gasteiger charge is 2.41. The van der Waals surface area contributed by atoms with Crippen molar-refractivity contribution in [3.63, 3.8) is 0 Å². The van der Waals surface area contributed by atoms with Gasteiger partial charge >= 0.3 is 6.61 Å². The van der Waals surface area contributed by atoms with Gasteiger partial charge in [-0.1, -0.05) is 25.1 Å². The molecule has 3 rings (SSSR count). The molecule has 0 saturated carbocycles. The summed E-state index contributed by atoms with van der Waals surface area (Å²) in [5.41, 5.74) is 6.81. The lowest BCUT2D eigenvalue weighted by Crippen LogP contribution is -2.49. The van der Waals surface area contributed by atoms with Gasteiger partial charge in [0.05, 0.1) is 6.04 Å². The summed E-state index contributed by atoms with van der Waals surface area (Å²) in [4.78, 5) is 12.7. The van der Waals surface area contributed by atoms with E-state index in [9.17, 15) is 13.6 Å². The van der Waals surface area contributed by atoms with Gasteiger partial charge in [-0.05, 0) is 25.5 Å². The molecule has 0 aromatic heterocycles. The average molecular weight is 391 g/mol. The highest BCUT2D eigenvalue weighted by molar-refractivity contribution is 5.85. The number of fused-ring (bicyclic) bond motifs is 1. The van der Waals surface area contributed by atoms with Crippen LogP contribution < -0.4 is 26.2 Å². The molecule has 0 radical (unpaired) electrons. The summed E-state index contributed by atoms with van der Waals surface area (Å²) in [6.07, 6.45) is 1.53. The summed E-state index contributed by atoms with van der Waals surface area (Å²) in [6, 6.07) is 6.11. The van der Waals surface area contributed by atoms with Crippen LogP contribution in [0.5, 0.6) is 5.75 Å². The molecule has 2 saturated heterocycles. The molecule has 6 nitrogen and oxygen atoms in total. The second-order valence-electron chi connectivity index (χ2n) is 6.42. The molecule has 2 aliphatic heterocycles. The third-order valence-electron chi connectivity index (χ3n) is 4.90. The minimum Gasteiger partial charge on any atom is -0.434 e. The average Bonchev–Trinajstić information content (AvgIpc) is 3.04. The van der Waals surface area contributed by atoms with Crippen molar-refractivity contribution in [1.82, 2.24) is 21.5 Å². The fourth-order valence-electron chi connectivity index (χ4n) is 3.61. The molecule has 9 heteroatoms. The van der Waals surface area contributed by atoms with Crippen molar-refractivity contribution in [2.75, 3.05) is 13.1 Å². The number of piperidine rings is 1. The Morgan fingerprint density at radius 3 is 2.85 bits per heavy atom. The van der Waals surface area contributed by atoms with Crippen molar-refractivity contribution >= 4 is 18.3 Å². The molecule has 0 spiro atoms. The van der Waals surface area contributed by atoms with Crippen molar-refractivity contribution in [3.05, 3.63) is 29.8 Å². The van der Waals surface area contributed by atoms with Crippen molar-refractivity contribution in [2.24, 2.45) is 5.92 Å². The number of carbonyl (C=O) groups is 1. The summed E-state index contributed by atoms with van der Waals surface area (Å²) in [5, 5.41) is 6.28. The number of halogens is 3. The SMILES string of the molecule is CCC(NC(=O)C1NNC2CCNCC21)c1ccccc1OC(F)F.Cl. The highest BCUT2D eigenvalue weighted by atomic mass is 35.5. The van der Waals surface area contributed by atoms with E-state index < -0.39 is 6.61 Å². The number of amides is 1. The number of benzene rings is 1. The number of hydrogen-bond donors (Lipinski definition) is 4. The molecule has 4 atom stereocenters. The Bertz CT molecular complexity index is 608. The summed E-state index contributed by atoms with van der Waals surface area (Å²) in [5.74, 6) is 0.126. The first-order chi connectivity index (χ1) is 12.1. The van der Waals surface area contributed by atoms with Gasteiger partial charge < -0.3 is 15.4 Å². The van der Waals surface area contributed by atoms with Gasteiger partial charge in [0.1, 0.15) is 11.8 Å². The van der Waals surface area contributed by atoms with Gasteiger partial charge in [0, 0.05) is 24.1 Å². The third kappa shape index (κ3) is 4.62. The van der Waals surface area contributed by atoms with Crippen LogP contribution in [0, 0.1) is 5.92 Å². The van der Waals surface area contributed by atoms with Gasteiger partial charge in [-0.15, -0.1) is 12.4 Å². The van der Waals surface area contributed by atoms with E-state index in [1.165, 1.54) is 6.07 Å². The van der Waals surface area contributed by atoms with E-state index in [0.717, 1.165) is 19.5 Å². The zero-order valence-corrected chi connectivity index (χ0v) is 15.3. The van der Waals surface area contributed by atoms with Crippen LogP contribution in [0.15, 0.2) is 24.3 Å². The lowest BCUT2D eigenvalue weighted by atomic mass is 9.89. The van der Waals surface area contributed by atoms with Crippen LogP contribution in [0.2, 0.25) is 0 Å². The molecule has 0 aliphatic carbocycles. The first-order valence-electron chi connectivity index (χ1n) is 8.66. The molecule has 2 heterocycles. The maximum absolute atomic E-state index is 12.7. The molecule has 1 amide bonds.